The fourth-order valence-electron chi connectivity index (χ4n) is 2.08. The van der Waals surface area contributed by atoms with Crippen LogP contribution < -0.4 is 9.64 Å². The highest BCUT2D eigenvalue weighted by Gasteiger charge is 2.16. The fraction of sp³-hybridized carbons (Fsp3) is 0.400. The number of aryl methyl sites for hydroxylation is 3. The Morgan fingerprint density at radius 2 is 2.10 bits per heavy atom. The van der Waals surface area contributed by atoms with Crippen LogP contribution >= 0.6 is 0 Å². The first-order valence-corrected chi connectivity index (χ1v) is 6.72. The summed E-state index contributed by atoms with van der Waals surface area (Å²) in [6, 6.07) is 3.66. The summed E-state index contributed by atoms with van der Waals surface area (Å²) in [5, 5.41) is 4.26. The maximum atomic E-state index is 12.2. The monoisotopic (exact) mass is 288 g/mol. The van der Waals surface area contributed by atoms with Crippen LogP contribution in [0.25, 0.3) is 0 Å². The SMILES string of the molecule is Cc1cc(N(C)C(=O)COc2c(C)nn(C)c2C)ccn1. The number of rotatable bonds is 4. The normalized spacial score (nSPS) is 10.5. The molecule has 2 heterocycles. The Hall–Kier alpha value is -2.37. The Morgan fingerprint density at radius 3 is 2.67 bits per heavy atom. The molecule has 21 heavy (non-hydrogen) atoms. The van der Waals surface area contributed by atoms with Crippen LogP contribution in [0.3, 0.4) is 0 Å². The van der Waals surface area contributed by atoms with E-state index in [4.69, 9.17) is 4.74 Å². The number of nitrogens with zero attached hydrogens (tertiary/aromatic N) is 4. The number of pyridine rings is 1. The van der Waals surface area contributed by atoms with E-state index in [9.17, 15) is 4.79 Å². The van der Waals surface area contributed by atoms with E-state index in [1.165, 1.54) is 0 Å². The van der Waals surface area contributed by atoms with Gasteiger partial charge in [-0.3, -0.25) is 14.5 Å². The van der Waals surface area contributed by atoms with E-state index in [1.54, 1.807) is 28.9 Å². The van der Waals surface area contributed by atoms with Crippen LogP contribution in [-0.4, -0.2) is 34.3 Å². The molecule has 2 aromatic heterocycles. The van der Waals surface area contributed by atoms with Gasteiger partial charge in [-0.2, -0.15) is 5.10 Å². The number of amides is 1. The molecule has 6 nitrogen and oxygen atoms in total. The molecular formula is C15H20N4O2. The molecule has 0 spiro atoms. The number of anilines is 1. The summed E-state index contributed by atoms with van der Waals surface area (Å²) >= 11 is 0. The third-order valence-corrected chi connectivity index (χ3v) is 3.42. The number of hydrogen-bond donors (Lipinski definition) is 0. The van der Waals surface area contributed by atoms with Crippen molar-refractivity contribution >= 4 is 11.6 Å². The van der Waals surface area contributed by atoms with Crippen LogP contribution in [0.5, 0.6) is 5.75 Å². The number of carbonyl (C=O) groups excluding carboxylic acids is 1. The smallest absolute Gasteiger partial charge is 0.264 e. The van der Waals surface area contributed by atoms with E-state index >= 15 is 0 Å². The zero-order chi connectivity index (χ0) is 15.6. The van der Waals surface area contributed by atoms with Crippen molar-refractivity contribution in [3.05, 3.63) is 35.4 Å². The van der Waals surface area contributed by atoms with Crippen molar-refractivity contribution in [2.24, 2.45) is 7.05 Å². The summed E-state index contributed by atoms with van der Waals surface area (Å²) in [5.74, 6) is 0.549. The van der Waals surface area contributed by atoms with Gasteiger partial charge in [0.1, 0.15) is 5.69 Å². The summed E-state index contributed by atoms with van der Waals surface area (Å²) < 4.78 is 7.37. The minimum Gasteiger partial charge on any atom is -0.480 e. The summed E-state index contributed by atoms with van der Waals surface area (Å²) in [7, 11) is 3.58. The molecule has 0 saturated heterocycles. The van der Waals surface area contributed by atoms with Crippen LogP contribution in [-0.2, 0) is 11.8 Å². The zero-order valence-electron chi connectivity index (χ0n) is 13.0. The van der Waals surface area contributed by atoms with Crippen LogP contribution in [0.15, 0.2) is 18.3 Å². The lowest BCUT2D eigenvalue weighted by atomic mass is 10.3. The van der Waals surface area contributed by atoms with E-state index < -0.39 is 0 Å². The van der Waals surface area contributed by atoms with Crippen molar-refractivity contribution in [1.82, 2.24) is 14.8 Å². The van der Waals surface area contributed by atoms with Gasteiger partial charge in [-0.1, -0.05) is 0 Å². The first kappa shape index (κ1) is 15.0. The second-order valence-corrected chi connectivity index (χ2v) is 5.02. The van der Waals surface area contributed by atoms with E-state index in [0.29, 0.717) is 5.75 Å². The molecule has 0 fully saturated rings. The van der Waals surface area contributed by atoms with Gasteiger partial charge >= 0.3 is 0 Å². The minimum absolute atomic E-state index is 0.0226. The highest BCUT2D eigenvalue weighted by Crippen LogP contribution is 2.21. The fourth-order valence-corrected chi connectivity index (χ4v) is 2.08. The quantitative estimate of drug-likeness (QED) is 0.860. The molecule has 0 radical (unpaired) electrons. The molecule has 0 aliphatic heterocycles. The van der Waals surface area contributed by atoms with Gasteiger partial charge in [0.05, 0.1) is 5.69 Å². The molecule has 0 bridgehead atoms. The van der Waals surface area contributed by atoms with Gasteiger partial charge in [0.15, 0.2) is 12.4 Å². The lowest BCUT2D eigenvalue weighted by Gasteiger charge is -2.17. The molecule has 0 unspecified atom stereocenters. The summed E-state index contributed by atoms with van der Waals surface area (Å²) in [4.78, 5) is 17.9. The molecule has 0 aliphatic rings. The molecule has 2 rings (SSSR count). The second-order valence-electron chi connectivity index (χ2n) is 5.02. The molecule has 0 saturated carbocycles. The highest BCUT2D eigenvalue weighted by atomic mass is 16.5. The van der Waals surface area contributed by atoms with Crippen LogP contribution in [0.1, 0.15) is 17.1 Å². The molecule has 6 heteroatoms. The van der Waals surface area contributed by atoms with E-state index in [-0.39, 0.29) is 12.5 Å². The summed E-state index contributed by atoms with van der Waals surface area (Å²) in [6.45, 7) is 5.64. The van der Waals surface area contributed by atoms with Crippen molar-refractivity contribution in [3.8, 4) is 5.75 Å². The average Bonchev–Trinajstić information content (AvgIpc) is 2.69. The molecule has 112 valence electrons. The third-order valence-electron chi connectivity index (χ3n) is 3.42. The number of ether oxygens (including phenoxy) is 1. The minimum atomic E-state index is -0.122. The Bertz CT molecular complexity index is 664. The zero-order valence-corrected chi connectivity index (χ0v) is 13.0. The number of likely N-dealkylation sites (N-methyl/N-ethyl adjacent to an activating group) is 1. The Kier molecular flexibility index (Phi) is 4.26. The van der Waals surface area contributed by atoms with Gasteiger partial charge in [0.2, 0.25) is 0 Å². The lowest BCUT2D eigenvalue weighted by molar-refractivity contribution is -0.120. The molecule has 0 atom stereocenters. The van der Waals surface area contributed by atoms with Gasteiger partial charge in [0.25, 0.3) is 5.91 Å². The van der Waals surface area contributed by atoms with Gasteiger partial charge in [-0.05, 0) is 32.9 Å². The van der Waals surface area contributed by atoms with Crippen LogP contribution in [0.4, 0.5) is 5.69 Å². The Labute approximate surface area is 124 Å². The van der Waals surface area contributed by atoms with Gasteiger partial charge in [-0.25, -0.2) is 0 Å². The largest absolute Gasteiger partial charge is 0.480 e. The maximum absolute atomic E-state index is 12.2. The van der Waals surface area contributed by atoms with Crippen molar-refractivity contribution in [3.63, 3.8) is 0 Å². The Balaban J connectivity index is 2.05. The lowest BCUT2D eigenvalue weighted by Crippen LogP contribution is -2.31. The predicted molar refractivity (Wildman–Crippen MR) is 80.6 cm³/mol. The van der Waals surface area contributed by atoms with Crippen molar-refractivity contribution < 1.29 is 9.53 Å². The van der Waals surface area contributed by atoms with E-state index in [1.807, 2.05) is 33.9 Å². The second kappa shape index (κ2) is 5.95. The molecule has 0 aliphatic carbocycles. The van der Waals surface area contributed by atoms with Gasteiger partial charge in [-0.15, -0.1) is 0 Å². The average molecular weight is 288 g/mol. The van der Waals surface area contributed by atoms with E-state index in [2.05, 4.69) is 10.1 Å². The van der Waals surface area contributed by atoms with E-state index in [0.717, 1.165) is 22.8 Å². The number of carbonyl (C=O) groups is 1. The van der Waals surface area contributed by atoms with Gasteiger partial charge in [0, 0.05) is 31.7 Å². The number of hydrogen-bond acceptors (Lipinski definition) is 4. The van der Waals surface area contributed by atoms with Crippen molar-refractivity contribution in [2.75, 3.05) is 18.6 Å². The molecular weight excluding hydrogens is 268 g/mol. The molecule has 0 N–H and O–H groups in total. The van der Waals surface area contributed by atoms with Crippen LogP contribution in [0, 0.1) is 20.8 Å². The summed E-state index contributed by atoms with van der Waals surface area (Å²) in [5.41, 5.74) is 3.36. The standard InChI is InChI=1S/C15H20N4O2/c1-10-8-13(6-7-16-10)18(4)14(20)9-21-15-11(2)17-19(5)12(15)3/h6-8H,9H2,1-5H3. The first-order chi connectivity index (χ1) is 9.90. The van der Waals surface area contributed by atoms with Crippen LogP contribution in [0.2, 0.25) is 0 Å². The Morgan fingerprint density at radius 1 is 1.38 bits per heavy atom. The molecule has 1 amide bonds. The topological polar surface area (TPSA) is 60.3 Å². The number of aromatic nitrogens is 3. The maximum Gasteiger partial charge on any atom is 0.264 e. The highest BCUT2D eigenvalue weighted by molar-refractivity contribution is 5.93. The molecule has 2 aromatic rings. The first-order valence-electron chi connectivity index (χ1n) is 6.72. The van der Waals surface area contributed by atoms with Gasteiger partial charge < -0.3 is 9.64 Å². The third kappa shape index (κ3) is 3.21. The summed E-state index contributed by atoms with van der Waals surface area (Å²) in [6.07, 6.45) is 1.69. The predicted octanol–water partition coefficient (Wildman–Crippen LogP) is 1.78. The molecule has 0 aromatic carbocycles. The van der Waals surface area contributed by atoms with Crippen molar-refractivity contribution in [2.45, 2.75) is 20.8 Å². The van der Waals surface area contributed by atoms with Crippen molar-refractivity contribution in [1.29, 1.82) is 0 Å².